The number of hydrogen-bond donors (Lipinski definition) is 2. The summed E-state index contributed by atoms with van der Waals surface area (Å²) in [6.45, 7) is 5.04. The molecule has 0 radical (unpaired) electrons. The molecule has 0 amide bonds. The largest absolute Gasteiger partial charge is 0.506 e. The second kappa shape index (κ2) is 5.97. The molecule has 0 aromatic heterocycles. The Morgan fingerprint density at radius 3 is 1.55 bits per heavy atom. The van der Waals surface area contributed by atoms with Crippen molar-refractivity contribution in [2.24, 2.45) is 17.8 Å². The topological polar surface area (TPSA) is 93.1 Å². The SMILES string of the molecule is CC(C)(C)OC(=O)O.O=C(O)OC12CC3CC(CC(C3)C1)C2. The fourth-order valence-corrected chi connectivity index (χ4v) is 4.60. The number of hydrogen-bond acceptors (Lipinski definition) is 4. The number of carbonyl (C=O) groups is 2. The number of carboxylic acid groups (broad SMARTS) is 2. The maximum atomic E-state index is 10.7. The van der Waals surface area contributed by atoms with Gasteiger partial charge in [0.25, 0.3) is 0 Å². The van der Waals surface area contributed by atoms with Gasteiger partial charge in [-0.25, -0.2) is 9.59 Å². The third-order valence-corrected chi connectivity index (χ3v) is 4.68. The van der Waals surface area contributed by atoms with E-state index in [4.69, 9.17) is 14.9 Å². The lowest BCUT2D eigenvalue weighted by atomic mass is 9.54. The first-order chi connectivity index (χ1) is 10.1. The van der Waals surface area contributed by atoms with Crippen molar-refractivity contribution in [2.45, 2.75) is 70.5 Å². The minimum atomic E-state index is -1.22. The van der Waals surface area contributed by atoms with E-state index in [1.165, 1.54) is 19.3 Å². The standard InChI is InChI=1S/C11H16O3.C5H10O3/c12-10(13)14-11-4-7-1-8(5-11)3-9(2-7)6-11;1-5(2,3)8-4(6)7/h7-9H,1-6H2,(H,12,13);1-3H3,(H,6,7). The summed E-state index contributed by atoms with van der Waals surface area (Å²) in [5.41, 5.74) is -0.855. The van der Waals surface area contributed by atoms with Crippen LogP contribution in [-0.2, 0) is 9.47 Å². The quantitative estimate of drug-likeness (QED) is 0.707. The molecule has 0 aromatic carbocycles. The van der Waals surface area contributed by atoms with Crippen LogP contribution in [0.25, 0.3) is 0 Å². The van der Waals surface area contributed by atoms with Crippen molar-refractivity contribution in [3.8, 4) is 0 Å². The zero-order valence-electron chi connectivity index (χ0n) is 13.5. The lowest BCUT2D eigenvalue weighted by molar-refractivity contribution is -0.137. The maximum Gasteiger partial charge on any atom is 0.506 e. The second-order valence-corrected chi connectivity index (χ2v) is 7.95. The van der Waals surface area contributed by atoms with E-state index in [0.29, 0.717) is 0 Å². The molecule has 6 heteroatoms. The Morgan fingerprint density at radius 2 is 1.32 bits per heavy atom. The third kappa shape index (κ3) is 4.52. The monoisotopic (exact) mass is 314 g/mol. The van der Waals surface area contributed by atoms with Gasteiger partial charge < -0.3 is 19.7 Å². The molecule has 126 valence electrons. The first-order valence-electron chi connectivity index (χ1n) is 7.91. The van der Waals surface area contributed by atoms with Gasteiger partial charge in [-0.2, -0.15) is 0 Å². The Morgan fingerprint density at radius 1 is 0.909 bits per heavy atom. The van der Waals surface area contributed by atoms with Crippen molar-refractivity contribution in [2.75, 3.05) is 0 Å². The maximum absolute atomic E-state index is 10.7. The highest BCUT2D eigenvalue weighted by molar-refractivity contribution is 5.58. The average Bonchev–Trinajstić information content (AvgIpc) is 2.20. The van der Waals surface area contributed by atoms with Crippen LogP contribution in [0.2, 0.25) is 0 Å². The molecule has 0 aliphatic heterocycles. The van der Waals surface area contributed by atoms with E-state index < -0.39 is 17.9 Å². The normalized spacial score (nSPS) is 35.3. The van der Waals surface area contributed by atoms with Gasteiger partial charge in [0, 0.05) is 0 Å². The fraction of sp³-hybridized carbons (Fsp3) is 0.875. The molecule has 0 unspecified atom stereocenters. The Hall–Kier alpha value is -1.46. The van der Waals surface area contributed by atoms with Crippen molar-refractivity contribution < 1.29 is 29.3 Å². The number of rotatable bonds is 1. The molecule has 2 N–H and O–H groups in total. The van der Waals surface area contributed by atoms with Crippen LogP contribution in [0.15, 0.2) is 0 Å². The van der Waals surface area contributed by atoms with E-state index in [1.807, 2.05) is 0 Å². The van der Waals surface area contributed by atoms with E-state index in [9.17, 15) is 9.59 Å². The Kier molecular flexibility index (Phi) is 4.59. The van der Waals surface area contributed by atoms with Crippen LogP contribution < -0.4 is 0 Å². The zero-order chi connectivity index (χ0) is 16.5. The summed E-state index contributed by atoms with van der Waals surface area (Å²) in [5.74, 6) is 2.25. The van der Waals surface area contributed by atoms with Gasteiger partial charge in [0.2, 0.25) is 0 Å². The molecule has 4 fully saturated rings. The van der Waals surface area contributed by atoms with Crippen LogP contribution in [0.5, 0.6) is 0 Å². The zero-order valence-corrected chi connectivity index (χ0v) is 13.5. The molecule has 6 nitrogen and oxygen atoms in total. The summed E-state index contributed by atoms with van der Waals surface area (Å²) >= 11 is 0. The molecule has 4 aliphatic carbocycles. The average molecular weight is 314 g/mol. The molecule has 0 spiro atoms. The molecule has 0 heterocycles. The second-order valence-electron chi connectivity index (χ2n) is 7.95. The van der Waals surface area contributed by atoms with Crippen molar-refractivity contribution in [3.63, 3.8) is 0 Å². The minimum absolute atomic E-state index is 0.277. The van der Waals surface area contributed by atoms with Gasteiger partial charge in [0.05, 0.1) is 0 Å². The highest BCUT2D eigenvalue weighted by atomic mass is 16.7. The van der Waals surface area contributed by atoms with Crippen LogP contribution in [0, 0.1) is 17.8 Å². The van der Waals surface area contributed by atoms with Gasteiger partial charge in [0.15, 0.2) is 0 Å². The first kappa shape index (κ1) is 16.9. The molecular weight excluding hydrogens is 288 g/mol. The molecule has 0 aromatic rings. The summed E-state index contributed by atoms with van der Waals surface area (Å²) in [6, 6.07) is 0. The van der Waals surface area contributed by atoms with Crippen LogP contribution in [-0.4, -0.2) is 33.7 Å². The van der Waals surface area contributed by atoms with Crippen molar-refractivity contribution in [3.05, 3.63) is 0 Å². The van der Waals surface area contributed by atoms with Crippen molar-refractivity contribution >= 4 is 12.3 Å². The molecule has 4 rings (SSSR count). The van der Waals surface area contributed by atoms with Crippen molar-refractivity contribution in [1.82, 2.24) is 0 Å². The molecule has 0 saturated heterocycles. The van der Waals surface area contributed by atoms with Gasteiger partial charge in [-0.15, -0.1) is 0 Å². The van der Waals surface area contributed by atoms with Gasteiger partial charge in [0.1, 0.15) is 11.2 Å². The predicted molar refractivity (Wildman–Crippen MR) is 78.9 cm³/mol. The summed E-state index contributed by atoms with van der Waals surface area (Å²) < 4.78 is 9.52. The summed E-state index contributed by atoms with van der Waals surface area (Å²) in [6.07, 6.45) is 4.64. The Balaban J connectivity index is 0.000000192. The van der Waals surface area contributed by atoms with E-state index in [1.54, 1.807) is 20.8 Å². The Bertz CT molecular complexity index is 401. The van der Waals surface area contributed by atoms with E-state index in [-0.39, 0.29) is 5.60 Å². The van der Waals surface area contributed by atoms with Gasteiger partial charge in [-0.1, -0.05) is 0 Å². The highest BCUT2D eigenvalue weighted by Crippen LogP contribution is 2.57. The van der Waals surface area contributed by atoms with E-state index in [2.05, 4.69) is 4.74 Å². The highest BCUT2D eigenvalue weighted by Gasteiger charge is 2.53. The summed E-state index contributed by atoms with van der Waals surface area (Å²) in [4.78, 5) is 20.5. The molecular formula is C16H26O6. The van der Waals surface area contributed by atoms with E-state index >= 15 is 0 Å². The lowest BCUT2D eigenvalue weighted by Crippen LogP contribution is -2.52. The van der Waals surface area contributed by atoms with Gasteiger partial charge in [-0.05, 0) is 77.0 Å². The molecule has 4 aliphatic rings. The van der Waals surface area contributed by atoms with Crippen LogP contribution in [0.1, 0.15) is 59.3 Å². The first-order valence-corrected chi connectivity index (χ1v) is 7.91. The third-order valence-electron chi connectivity index (χ3n) is 4.68. The van der Waals surface area contributed by atoms with Crippen LogP contribution in [0.3, 0.4) is 0 Å². The summed E-state index contributed by atoms with van der Waals surface area (Å²) in [7, 11) is 0. The fourth-order valence-electron chi connectivity index (χ4n) is 4.60. The molecule has 4 saturated carbocycles. The summed E-state index contributed by atoms with van der Waals surface area (Å²) in [5, 5.41) is 16.8. The molecule has 22 heavy (non-hydrogen) atoms. The van der Waals surface area contributed by atoms with Gasteiger partial charge >= 0.3 is 12.3 Å². The lowest BCUT2D eigenvalue weighted by Gasteiger charge is -2.55. The molecule has 4 bridgehead atoms. The smallest absolute Gasteiger partial charge is 0.450 e. The van der Waals surface area contributed by atoms with Crippen LogP contribution in [0.4, 0.5) is 9.59 Å². The van der Waals surface area contributed by atoms with Crippen LogP contribution >= 0.6 is 0 Å². The number of ether oxygens (including phenoxy) is 2. The Labute approximate surface area is 130 Å². The molecule has 0 atom stereocenters. The van der Waals surface area contributed by atoms with Gasteiger partial charge in [-0.3, -0.25) is 0 Å². The minimum Gasteiger partial charge on any atom is -0.450 e. The van der Waals surface area contributed by atoms with E-state index in [0.717, 1.165) is 37.0 Å². The predicted octanol–water partition coefficient (Wildman–Crippen LogP) is 4.13. The van der Waals surface area contributed by atoms with Crippen molar-refractivity contribution in [1.29, 1.82) is 0 Å².